The fourth-order valence-electron chi connectivity index (χ4n) is 2.98. The molecule has 3 heterocycles. The van der Waals surface area contributed by atoms with Crippen molar-refractivity contribution >= 4 is 6.08 Å². The Kier molecular flexibility index (Phi) is 2.10. The second kappa shape index (κ2) is 3.46. The molecule has 1 aromatic rings. The summed E-state index contributed by atoms with van der Waals surface area (Å²) in [7, 11) is 0. The van der Waals surface area contributed by atoms with Crippen molar-refractivity contribution in [3.63, 3.8) is 0 Å². The van der Waals surface area contributed by atoms with Gasteiger partial charge in [0.15, 0.2) is 0 Å². The lowest BCUT2D eigenvalue weighted by molar-refractivity contribution is 0.505. The molecule has 0 unspecified atom stereocenters. The molecule has 1 aromatic heterocycles. The van der Waals surface area contributed by atoms with Crippen LogP contribution in [0, 0.1) is 0 Å². The van der Waals surface area contributed by atoms with Crippen LogP contribution in [0.5, 0.6) is 0 Å². The van der Waals surface area contributed by atoms with Crippen molar-refractivity contribution in [2.24, 2.45) is 0 Å². The number of nitrogens with one attached hydrogen (secondary N) is 1. The van der Waals surface area contributed by atoms with Crippen molar-refractivity contribution in [3.8, 4) is 0 Å². The Bertz CT molecular complexity index is 386. The van der Waals surface area contributed by atoms with E-state index >= 15 is 0 Å². The standard InChI is InChI=1S/C13H16N2/c1-2-9-5-10(8-14-7-9)12-6-11-3-4-13(12)15-11/h2,5,7-8,11-13,15H,1,3-4,6H2/t11-,12+,13+/m0/s1. The summed E-state index contributed by atoms with van der Waals surface area (Å²) < 4.78 is 0. The van der Waals surface area contributed by atoms with Gasteiger partial charge in [-0.25, -0.2) is 0 Å². The largest absolute Gasteiger partial charge is 0.311 e. The molecule has 2 aliphatic rings. The van der Waals surface area contributed by atoms with E-state index in [0.717, 1.165) is 11.6 Å². The minimum Gasteiger partial charge on any atom is -0.311 e. The molecule has 2 bridgehead atoms. The lowest BCUT2D eigenvalue weighted by Gasteiger charge is -2.20. The van der Waals surface area contributed by atoms with Crippen LogP contribution in [-0.4, -0.2) is 17.1 Å². The molecule has 2 heteroatoms. The second-order valence-corrected chi connectivity index (χ2v) is 4.65. The number of rotatable bonds is 2. The van der Waals surface area contributed by atoms with E-state index in [-0.39, 0.29) is 0 Å². The van der Waals surface area contributed by atoms with Crippen LogP contribution in [0.1, 0.15) is 36.3 Å². The molecule has 78 valence electrons. The topological polar surface area (TPSA) is 24.9 Å². The number of hydrogen-bond donors (Lipinski definition) is 1. The molecule has 0 amide bonds. The molecule has 2 fully saturated rings. The van der Waals surface area contributed by atoms with E-state index < -0.39 is 0 Å². The minimum atomic E-state index is 0.677. The average molecular weight is 200 g/mol. The summed E-state index contributed by atoms with van der Waals surface area (Å²) in [5.41, 5.74) is 2.52. The zero-order valence-corrected chi connectivity index (χ0v) is 8.82. The highest BCUT2D eigenvalue weighted by Crippen LogP contribution is 2.39. The molecule has 0 radical (unpaired) electrons. The van der Waals surface area contributed by atoms with Crippen molar-refractivity contribution in [1.29, 1.82) is 0 Å². The Labute approximate surface area is 90.4 Å². The molecule has 3 atom stereocenters. The van der Waals surface area contributed by atoms with Gasteiger partial charge in [0.05, 0.1) is 0 Å². The lowest BCUT2D eigenvalue weighted by atomic mass is 9.84. The first-order valence-corrected chi connectivity index (χ1v) is 5.70. The first-order valence-electron chi connectivity index (χ1n) is 5.70. The smallest absolute Gasteiger partial charge is 0.0340 e. The van der Waals surface area contributed by atoms with Gasteiger partial charge < -0.3 is 5.32 Å². The molecule has 2 saturated heterocycles. The Morgan fingerprint density at radius 2 is 2.33 bits per heavy atom. The molecular weight excluding hydrogens is 184 g/mol. The summed E-state index contributed by atoms with van der Waals surface area (Å²) in [6, 6.07) is 3.68. The van der Waals surface area contributed by atoms with E-state index in [0.29, 0.717) is 12.0 Å². The number of nitrogens with zero attached hydrogens (tertiary/aromatic N) is 1. The first-order chi connectivity index (χ1) is 7.36. The molecule has 0 aliphatic carbocycles. The van der Waals surface area contributed by atoms with Crippen molar-refractivity contribution in [2.75, 3.05) is 0 Å². The minimum absolute atomic E-state index is 0.677. The van der Waals surface area contributed by atoms with E-state index in [1.165, 1.54) is 24.8 Å². The number of pyridine rings is 1. The van der Waals surface area contributed by atoms with E-state index in [9.17, 15) is 0 Å². The van der Waals surface area contributed by atoms with Crippen LogP contribution in [0.3, 0.4) is 0 Å². The normalized spacial score (nSPS) is 33.2. The van der Waals surface area contributed by atoms with Gasteiger partial charge in [-0.15, -0.1) is 0 Å². The number of fused-ring (bicyclic) bond motifs is 2. The summed E-state index contributed by atoms with van der Waals surface area (Å²) in [5, 5.41) is 3.66. The van der Waals surface area contributed by atoms with Crippen LogP contribution in [0.2, 0.25) is 0 Å². The van der Waals surface area contributed by atoms with Crippen LogP contribution in [0.25, 0.3) is 6.08 Å². The highest BCUT2D eigenvalue weighted by Gasteiger charge is 2.39. The third-order valence-corrected chi connectivity index (χ3v) is 3.74. The average Bonchev–Trinajstić information content (AvgIpc) is 2.91. The SMILES string of the molecule is C=Cc1cncc([C@H]2C[C@@H]3CC[C@H]2N3)c1. The lowest BCUT2D eigenvalue weighted by Crippen LogP contribution is -2.21. The quantitative estimate of drug-likeness (QED) is 0.792. The first kappa shape index (κ1) is 9.10. The van der Waals surface area contributed by atoms with Gasteiger partial charge in [0.2, 0.25) is 0 Å². The predicted octanol–water partition coefficient (Wildman–Crippen LogP) is 2.33. The molecule has 0 aromatic carbocycles. The maximum atomic E-state index is 4.28. The van der Waals surface area contributed by atoms with E-state index in [4.69, 9.17) is 0 Å². The van der Waals surface area contributed by atoms with Gasteiger partial charge in [0, 0.05) is 30.4 Å². The summed E-state index contributed by atoms with van der Waals surface area (Å²) in [6.07, 6.45) is 9.73. The van der Waals surface area contributed by atoms with Crippen molar-refractivity contribution in [1.82, 2.24) is 10.3 Å². The number of hydrogen-bond acceptors (Lipinski definition) is 2. The molecule has 15 heavy (non-hydrogen) atoms. The molecule has 1 N–H and O–H groups in total. The fourth-order valence-corrected chi connectivity index (χ4v) is 2.98. The van der Waals surface area contributed by atoms with Gasteiger partial charge in [-0.1, -0.05) is 12.7 Å². The monoisotopic (exact) mass is 200 g/mol. The zero-order valence-electron chi connectivity index (χ0n) is 8.82. The van der Waals surface area contributed by atoms with Gasteiger partial charge in [-0.2, -0.15) is 0 Å². The van der Waals surface area contributed by atoms with Crippen LogP contribution < -0.4 is 5.32 Å². The van der Waals surface area contributed by atoms with Crippen LogP contribution in [0.15, 0.2) is 25.0 Å². The highest BCUT2D eigenvalue weighted by atomic mass is 15.0. The molecule has 0 spiro atoms. The number of aromatic nitrogens is 1. The van der Waals surface area contributed by atoms with E-state index in [1.807, 2.05) is 18.5 Å². The molecule has 2 aliphatic heterocycles. The molecule has 0 saturated carbocycles. The highest BCUT2D eigenvalue weighted by molar-refractivity contribution is 5.47. The Balaban J connectivity index is 1.89. The van der Waals surface area contributed by atoms with Crippen molar-refractivity contribution in [2.45, 2.75) is 37.3 Å². The van der Waals surface area contributed by atoms with Gasteiger partial charge in [0.1, 0.15) is 0 Å². The maximum absolute atomic E-state index is 4.28. The molecule has 2 nitrogen and oxygen atoms in total. The summed E-state index contributed by atoms with van der Waals surface area (Å²) >= 11 is 0. The van der Waals surface area contributed by atoms with E-state index in [1.54, 1.807) is 0 Å². The van der Waals surface area contributed by atoms with Crippen molar-refractivity contribution < 1.29 is 0 Å². The van der Waals surface area contributed by atoms with Crippen LogP contribution >= 0.6 is 0 Å². The Hall–Kier alpha value is -1.15. The fraction of sp³-hybridized carbons (Fsp3) is 0.462. The summed E-state index contributed by atoms with van der Waals surface area (Å²) in [6.45, 7) is 3.79. The summed E-state index contributed by atoms with van der Waals surface area (Å²) in [5.74, 6) is 0.677. The zero-order chi connectivity index (χ0) is 10.3. The van der Waals surface area contributed by atoms with Crippen LogP contribution in [-0.2, 0) is 0 Å². The van der Waals surface area contributed by atoms with Crippen molar-refractivity contribution in [3.05, 3.63) is 36.2 Å². The van der Waals surface area contributed by atoms with E-state index in [2.05, 4.69) is 22.9 Å². The van der Waals surface area contributed by atoms with Gasteiger partial charge in [-0.05, 0) is 36.5 Å². The predicted molar refractivity (Wildman–Crippen MR) is 61.6 cm³/mol. The molecular formula is C13H16N2. The maximum Gasteiger partial charge on any atom is 0.0340 e. The Morgan fingerprint density at radius 3 is 3.00 bits per heavy atom. The Morgan fingerprint density at radius 1 is 1.40 bits per heavy atom. The third kappa shape index (κ3) is 1.49. The summed E-state index contributed by atoms with van der Waals surface area (Å²) in [4.78, 5) is 4.28. The molecule has 3 rings (SSSR count). The van der Waals surface area contributed by atoms with Gasteiger partial charge in [0.25, 0.3) is 0 Å². The van der Waals surface area contributed by atoms with Gasteiger partial charge >= 0.3 is 0 Å². The third-order valence-electron chi connectivity index (χ3n) is 3.74. The van der Waals surface area contributed by atoms with Gasteiger partial charge in [-0.3, -0.25) is 4.98 Å². The van der Waals surface area contributed by atoms with Crippen LogP contribution in [0.4, 0.5) is 0 Å². The second-order valence-electron chi connectivity index (χ2n) is 4.65.